The molecule has 4 bridgehead atoms. The maximum Gasteiger partial charge on any atom is 0.326 e. The summed E-state index contributed by atoms with van der Waals surface area (Å²) in [5.41, 5.74) is -0.0677. The molecule has 9 heteroatoms. The van der Waals surface area contributed by atoms with Crippen molar-refractivity contribution in [3.8, 4) is 0 Å². The highest BCUT2D eigenvalue weighted by atomic mass is 16.4. The number of rotatable bonds is 9. The van der Waals surface area contributed by atoms with Gasteiger partial charge in [-0.05, 0) is 62.7 Å². The number of urea groups is 1. The van der Waals surface area contributed by atoms with E-state index in [9.17, 15) is 19.2 Å². The van der Waals surface area contributed by atoms with Gasteiger partial charge in [-0.3, -0.25) is 9.59 Å². The number of nitrogens with one attached hydrogen (secondary N) is 3. The summed E-state index contributed by atoms with van der Waals surface area (Å²) in [6, 6.07) is -1.66. The summed E-state index contributed by atoms with van der Waals surface area (Å²) in [6.45, 7) is 0.294. The van der Waals surface area contributed by atoms with Crippen molar-refractivity contribution in [2.75, 3.05) is 6.54 Å². The van der Waals surface area contributed by atoms with E-state index in [1.54, 1.807) is 0 Å². The van der Waals surface area contributed by atoms with Crippen molar-refractivity contribution in [3.63, 3.8) is 0 Å². The van der Waals surface area contributed by atoms with Crippen LogP contribution < -0.4 is 16.0 Å². The number of carboxylic acid groups (broad SMARTS) is 2. The van der Waals surface area contributed by atoms with Gasteiger partial charge in [0.15, 0.2) is 0 Å². The van der Waals surface area contributed by atoms with Crippen LogP contribution in [-0.4, -0.2) is 52.2 Å². The minimum absolute atomic E-state index is 0.0149. The molecule has 4 saturated carbocycles. The van der Waals surface area contributed by atoms with Crippen LogP contribution in [0.4, 0.5) is 4.79 Å². The molecule has 1 atom stereocenters. The number of hydrogen-bond acceptors (Lipinski definition) is 4. The number of carboxylic acids is 2. The zero-order valence-electron chi connectivity index (χ0n) is 15.9. The van der Waals surface area contributed by atoms with Crippen molar-refractivity contribution in [1.29, 1.82) is 0 Å². The lowest BCUT2D eigenvalue weighted by atomic mass is 9.53. The topological polar surface area (TPSA) is 145 Å². The van der Waals surface area contributed by atoms with Gasteiger partial charge in [-0.15, -0.1) is 0 Å². The summed E-state index contributed by atoms with van der Waals surface area (Å²) < 4.78 is 0. The Balaban J connectivity index is 1.35. The molecule has 0 aromatic carbocycles. The Labute approximate surface area is 163 Å². The Morgan fingerprint density at radius 2 is 1.54 bits per heavy atom. The molecule has 4 aliphatic rings. The minimum Gasteiger partial charge on any atom is -0.481 e. The van der Waals surface area contributed by atoms with Crippen LogP contribution in [0, 0.1) is 17.8 Å². The van der Waals surface area contributed by atoms with Crippen LogP contribution in [-0.2, 0) is 14.4 Å². The van der Waals surface area contributed by atoms with Crippen molar-refractivity contribution in [3.05, 3.63) is 0 Å². The minimum atomic E-state index is -1.45. The first kappa shape index (κ1) is 20.4. The molecule has 4 fully saturated rings. The van der Waals surface area contributed by atoms with Crippen molar-refractivity contribution >= 4 is 23.9 Å². The molecular formula is C19H29N3O6. The summed E-state index contributed by atoms with van der Waals surface area (Å²) in [4.78, 5) is 45.7. The lowest BCUT2D eigenvalue weighted by Crippen LogP contribution is -2.61. The van der Waals surface area contributed by atoms with Crippen molar-refractivity contribution in [2.45, 2.75) is 69.4 Å². The number of amides is 3. The lowest BCUT2D eigenvalue weighted by molar-refractivity contribution is -0.147. The second-order valence-corrected chi connectivity index (χ2v) is 8.74. The first-order chi connectivity index (χ1) is 13.2. The zero-order chi connectivity index (χ0) is 20.3. The fourth-order valence-electron chi connectivity index (χ4n) is 5.64. The molecule has 5 N–H and O–H groups in total. The molecule has 0 unspecified atom stereocenters. The molecule has 0 aromatic heterocycles. The molecule has 9 nitrogen and oxygen atoms in total. The van der Waals surface area contributed by atoms with Crippen LogP contribution in [0.1, 0.15) is 57.8 Å². The van der Waals surface area contributed by atoms with Gasteiger partial charge in [0, 0.05) is 18.5 Å². The van der Waals surface area contributed by atoms with Crippen molar-refractivity contribution < 1.29 is 29.4 Å². The fraction of sp³-hybridized carbons (Fsp3) is 0.789. The SMILES string of the molecule is O=C(O)C[C@H](NC(=O)CCCNC(=O)NC12CC3CC(CC(C3)C1)C2)C(=O)O. The highest BCUT2D eigenvalue weighted by molar-refractivity contribution is 5.86. The van der Waals surface area contributed by atoms with E-state index >= 15 is 0 Å². The van der Waals surface area contributed by atoms with Crippen LogP contribution >= 0.6 is 0 Å². The third-order valence-electron chi connectivity index (χ3n) is 6.30. The van der Waals surface area contributed by atoms with E-state index in [4.69, 9.17) is 10.2 Å². The van der Waals surface area contributed by atoms with Gasteiger partial charge < -0.3 is 26.2 Å². The zero-order valence-corrected chi connectivity index (χ0v) is 15.9. The van der Waals surface area contributed by atoms with E-state index in [1.807, 2.05) is 0 Å². The molecule has 0 heterocycles. The maximum absolute atomic E-state index is 12.3. The lowest BCUT2D eigenvalue weighted by Gasteiger charge is -2.56. The summed E-state index contributed by atoms with van der Waals surface area (Å²) in [5, 5.41) is 25.7. The monoisotopic (exact) mass is 395 g/mol. The molecule has 0 spiro atoms. The molecular weight excluding hydrogens is 366 g/mol. The van der Waals surface area contributed by atoms with E-state index in [0.29, 0.717) is 13.0 Å². The summed E-state index contributed by atoms with van der Waals surface area (Å²) in [7, 11) is 0. The molecule has 3 amide bonds. The van der Waals surface area contributed by atoms with Crippen LogP contribution in [0.25, 0.3) is 0 Å². The highest BCUT2D eigenvalue weighted by Gasteiger charge is 2.51. The normalized spacial score (nSPS) is 31.1. The molecule has 0 radical (unpaired) electrons. The third kappa shape index (κ3) is 5.14. The van der Waals surface area contributed by atoms with Gasteiger partial charge in [-0.1, -0.05) is 0 Å². The maximum atomic E-state index is 12.3. The van der Waals surface area contributed by atoms with E-state index in [1.165, 1.54) is 19.3 Å². The van der Waals surface area contributed by atoms with Crippen molar-refractivity contribution in [1.82, 2.24) is 16.0 Å². The van der Waals surface area contributed by atoms with Gasteiger partial charge in [0.05, 0.1) is 6.42 Å². The largest absolute Gasteiger partial charge is 0.481 e. The molecule has 0 aromatic rings. The van der Waals surface area contributed by atoms with E-state index in [-0.39, 0.29) is 18.0 Å². The van der Waals surface area contributed by atoms with E-state index < -0.39 is 30.3 Å². The van der Waals surface area contributed by atoms with Crippen LogP contribution in [0.5, 0.6) is 0 Å². The van der Waals surface area contributed by atoms with E-state index in [0.717, 1.165) is 37.0 Å². The Morgan fingerprint density at radius 1 is 0.964 bits per heavy atom. The Kier molecular flexibility index (Phi) is 6.10. The van der Waals surface area contributed by atoms with Gasteiger partial charge >= 0.3 is 18.0 Å². The Morgan fingerprint density at radius 3 is 2.04 bits per heavy atom. The van der Waals surface area contributed by atoms with Crippen molar-refractivity contribution in [2.24, 2.45) is 17.8 Å². The van der Waals surface area contributed by atoms with Gasteiger partial charge in [-0.25, -0.2) is 9.59 Å². The third-order valence-corrected chi connectivity index (χ3v) is 6.30. The molecule has 0 aliphatic heterocycles. The van der Waals surface area contributed by atoms with Gasteiger partial charge in [0.1, 0.15) is 6.04 Å². The second-order valence-electron chi connectivity index (χ2n) is 8.74. The first-order valence-electron chi connectivity index (χ1n) is 10.0. The molecule has 4 rings (SSSR count). The molecule has 156 valence electrons. The van der Waals surface area contributed by atoms with Crippen LogP contribution in [0.15, 0.2) is 0 Å². The fourth-order valence-corrected chi connectivity index (χ4v) is 5.64. The quantitative estimate of drug-likeness (QED) is 0.369. The molecule has 4 aliphatic carbocycles. The number of aliphatic carboxylic acids is 2. The Hall–Kier alpha value is -2.32. The van der Waals surface area contributed by atoms with Gasteiger partial charge in [0.2, 0.25) is 5.91 Å². The van der Waals surface area contributed by atoms with E-state index in [2.05, 4.69) is 16.0 Å². The second kappa shape index (κ2) is 8.36. The first-order valence-corrected chi connectivity index (χ1v) is 10.0. The predicted octanol–water partition coefficient (Wildman–Crippen LogP) is 1.08. The molecule has 0 saturated heterocycles. The average molecular weight is 395 g/mol. The van der Waals surface area contributed by atoms with Gasteiger partial charge in [0.25, 0.3) is 0 Å². The summed E-state index contributed by atoms with van der Waals surface area (Å²) >= 11 is 0. The van der Waals surface area contributed by atoms with Gasteiger partial charge in [-0.2, -0.15) is 0 Å². The van der Waals surface area contributed by atoms with Crippen LogP contribution in [0.2, 0.25) is 0 Å². The number of carbonyl (C=O) groups excluding carboxylic acids is 2. The average Bonchev–Trinajstić information content (AvgIpc) is 2.56. The number of hydrogen-bond donors (Lipinski definition) is 5. The highest BCUT2D eigenvalue weighted by Crippen LogP contribution is 2.55. The summed E-state index contributed by atoms with van der Waals surface area (Å²) in [6.07, 6.45) is 6.79. The smallest absolute Gasteiger partial charge is 0.326 e. The predicted molar refractivity (Wildman–Crippen MR) is 98.5 cm³/mol. The standard InChI is InChI=1S/C19H29N3O6/c23-15(21-14(17(26)27)7-16(24)25)2-1-3-20-18(28)22-19-8-11-4-12(9-19)6-13(5-11)10-19/h11-14H,1-10H2,(H,21,23)(H,24,25)(H,26,27)(H2,20,22,28)/t11?,12?,13?,14-,19?/m0/s1. The molecule has 28 heavy (non-hydrogen) atoms. The number of carbonyl (C=O) groups is 4. The van der Waals surface area contributed by atoms with Crippen LogP contribution in [0.3, 0.4) is 0 Å². The Bertz CT molecular complexity index is 614. The summed E-state index contributed by atoms with van der Waals surface area (Å²) in [5.74, 6) is -1.01.